The first-order valence-electron chi connectivity index (χ1n) is 9.27. The van der Waals surface area contributed by atoms with Crippen LogP contribution >= 0.6 is 11.3 Å². The number of carbonyl (C=O) groups is 1. The van der Waals surface area contributed by atoms with Gasteiger partial charge in [-0.1, -0.05) is 43.7 Å². The van der Waals surface area contributed by atoms with Gasteiger partial charge >= 0.3 is 0 Å². The lowest BCUT2D eigenvalue weighted by molar-refractivity contribution is -0.133. The van der Waals surface area contributed by atoms with Gasteiger partial charge in [-0.25, -0.2) is 8.42 Å². The third-order valence-corrected chi connectivity index (χ3v) is 7.19. The molecule has 5 nitrogen and oxygen atoms in total. The Morgan fingerprint density at radius 2 is 2.00 bits per heavy atom. The van der Waals surface area contributed by atoms with E-state index in [2.05, 4.69) is 11.4 Å². The lowest BCUT2D eigenvalue weighted by Gasteiger charge is -2.37. The average molecular weight is 407 g/mol. The average Bonchev–Trinajstić information content (AvgIpc) is 3.12. The van der Waals surface area contributed by atoms with Crippen molar-refractivity contribution in [3.8, 4) is 0 Å². The fraction of sp³-hybridized carbons (Fsp3) is 0.450. The number of benzene rings is 1. The Morgan fingerprint density at radius 1 is 1.26 bits per heavy atom. The van der Waals surface area contributed by atoms with Crippen LogP contribution in [0.5, 0.6) is 0 Å². The molecule has 1 aliphatic heterocycles. The highest BCUT2D eigenvalue weighted by molar-refractivity contribution is 7.88. The van der Waals surface area contributed by atoms with Crippen LogP contribution in [0.2, 0.25) is 0 Å². The predicted octanol–water partition coefficient (Wildman–Crippen LogP) is 3.28. The largest absolute Gasteiger partial charge is 0.330 e. The Kier molecular flexibility index (Phi) is 6.34. The minimum absolute atomic E-state index is 0.0956. The number of carbonyl (C=O) groups excluding carboxylic acids is 1. The molecule has 2 heterocycles. The smallest absolute Gasteiger partial charge is 0.238 e. The molecule has 0 spiro atoms. The fourth-order valence-corrected chi connectivity index (χ4v) is 5.23. The van der Waals surface area contributed by atoms with Gasteiger partial charge in [0.15, 0.2) is 0 Å². The van der Waals surface area contributed by atoms with Crippen molar-refractivity contribution < 1.29 is 13.2 Å². The van der Waals surface area contributed by atoms with Crippen molar-refractivity contribution in [1.29, 1.82) is 0 Å². The van der Waals surface area contributed by atoms with Gasteiger partial charge in [-0.2, -0.15) is 4.31 Å². The topological polar surface area (TPSA) is 57.7 Å². The molecule has 0 saturated carbocycles. The quantitative estimate of drug-likeness (QED) is 0.709. The zero-order valence-electron chi connectivity index (χ0n) is 15.8. The van der Waals surface area contributed by atoms with Crippen molar-refractivity contribution in [2.24, 2.45) is 0 Å². The summed E-state index contributed by atoms with van der Waals surface area (Å²) in [6, 6.07) is 11.9. The van der Waals surface area contributed by atoms with Crippen LogP contribution in [0.1, 0.15) is 41.8 Å². The monoisotopic (exact) mass is 406 g/mol. The van der Waals surface area contributed by atoms with Gasteiger partial charge in [0.2, 0.25) is 15.9 Å². The van der Waals surface area contributed by atoms with E-state index in [0.29, 0.717) is 13.1 Å². The van der Waals surface area contributed by atoms with Gasteiger partial charge in [0.25, 0.3) is 0 Å². The van der Waals surface area contributed by atoms with E-state index in [4.69, 9.17) is 0 Å². The summed E-state index contributed by atoms with van der Waals surface area (Å²) in [5.41, 5.74) is 2.22. The Labute approximate surface area is 165 Å². The minimum Gasteiger partial charge on any atom is -0.330 e. The molecule has 1 amide bonds. The first kappa shape index (κ1) is 20.0. The van der Waals surface area contributed by atoms with E-state index in [1.54, 1.807) is 11.3 Å². The van der Waals surface area contributed by atoms with E-state index in [9.17, 15) is 13.2 Å². The van der Waals surface area contributed by atoms with Gasteiger partial charge in [0.1, 0.15) is 0 Å². The van der Waals surface area contributed by atoms with Crippen LogP contribution in [-0.2, 0) is 21.2 Å². The molecule has 1 unspecified atom stereocenters. The molecule has 146 valence electrons. The maximum Gasteiger partial charge on any atom is 0.238 e. The third-order valence-electron chi connectivity index (χ3n) is 4.94. The van der Waals surface area contributed by atoms with Crippen LogP contribution in [0.15, 0.2) is 41.8 Å². The molecule has 0 aliphatic carbocycles. The van der Waals surface area contributed by atoms with Crippen molar-refractivity contribution in [3.63, 3.8) is 0 Å². The van der Waals surface area contributed by atoms with Gasteiger partial charge in [-0.3, -0.25) is 4.79 Å². The standard InChI is InChI=1S/C20H26N2O3S2/c1-3-4-12-21(27(2,24)25)15-19(23)22-13-10-18-17(11-14-26-18)20(22)16-8-6-5-7-9-16/h5-9,11,14,20H,3-4,10,12-13,15H2,1-2H3. The maximum atomic E-state index is 13.2. The maximum absolute atomic E-state index is 13.2. The Bertz CT molecular complexity index is 878. The molecule has 1 atom stereocenters. The molecule has 2 aromatic rings. The number of nitrogens with zero attached hydrogens (tertiary/aromatic N) is 2. The van der Waals surface area contributed by atoms with Crippen molar-refractivity contribution >= 4 is 27.3 Å². The summed E-state index contributed by atoms with van der Waals surface area (Å²) < 4.78 is 25.6. The van der Waals surface area contributed by atoms with E-state index in [1.807, 2.05) is 42.2 Å². The van der Waals surface area contributed by atoms with Crippen molar-refractivity contribution in [2.75, 3.05) is 25.9 Å². The van der Waals surface area contributed by atoms with Crippen molar-refractivity contribution in [2.45, 2.75) is 32.2 Å². The van der Waals surface area contributed by atoms with Gasteiger partial charge in [0.05, 0.1) is 18.8 Å². The molecule has 1 aromatic heterocycles. The molecule has 0 N–H and O–H groups in total. The SMILES string of the molecule is CCCCN(CC(=O)N1CCc2sccc2C1c1ccccc1)S(C)(=O)=O. The molecular weight excluding hydrogens is 380 g/mol. The zero-order valence-corrected chi connectivity index (χ0v) is 17.4. The number of sulfonamides is 1. The van der Waals surface area contributed by atoms with Gasteiger partial charge in [-0.15, -0.1) is 11.3 Å². The second kappa shape index (κ2) is 8.54. The van der Waals surface area contributed by atoms with Crippen LogP contribution in [0, 0.1) is 0 Å². The highest BCUT2D eigenvalue weighted by atomic mass is 32.2. The minimum atomic E-state index is -3.41. The molecule has 0 fully saturated rings. The van der Waals surface area contributed by atoms with Crippen LogP contribution in [0.4, 0.5) is 0 Å². The summed E-state index contributed by atoms with van der Waals surface area (Å²) in [6.45, 7) is 2.91. The molecule has 0 saturated heterocycles. The Balaban J connectivity index is 1.88. The van der Waals surface area contributed by atoms with Gasteiger partial charge < -0.3 is 4.90 Å². The van der Waals surface area contributed by atoms with Crippen LogP contribution in [-0.4, -0.2) is 49.4 Å². The van der Waals surface area contributed by atoms with Gasteiger partial charge in [0, 0.05) is 18.0 Å². The second-order valence-corrected chi connectivity index (χ2v) is 9.88. The molecule has 1 aromatic carbocycles. The Hall–Kier alpha value is -1.70. The number of thiophene rings is 1. The highest BCUT2D eigenvalue weighted by Gasteiger charge is 2.34. The van der Waals surface area contributed by atoms with Gasteiger partial charge in [-0.05, 0) is 35.4 Å². The summed E-state index contributed by atoms with van der Waals surface area (Å²) in [4.78, 5) is 16.3. The number of hydrogen-bond acceptors (Lipinski definition) is 4. The van der Waals surface area contributed by atoms with Crippen LogP contribution in [0.25, 0.3) is 0 Å². The molecule has 7 heteroatoms. The van der Waals surface area contributed by atoms with E-state index < -0.39 is 10.0 Å². The van der Waals surface area contributed by atoms with E-state index in [1.165, 1.54) is 15.4 Å². The molecular formula is C20H26N2O3S2. The predicted molar refractivity (Wildman–Crippen MR) is 109 cm³/mol. The van der Waals surface area contributed by atoms with E-state index >= 15 is 0 Å². The van der Waals surface area contributed by atoms with Crippen LogP contribution in [0.3, 0.4) is 0 Å². The molecule has 0 radical (unpaired) electrons. The van der Waals surface area contributed by atoms with E-state index in [-0.39, 0.29) is 18.5 Å². The normalized spacial score (nSPS) is 17.1. The number of hydrogen-bond donors (Lipinski definition) is 0. The lowest BCUT2D eigenvalue weighted by Crippen LogP contribution is -2.46. The first-order valence-corrected chi connectivity index (χ1v) is 12.0. The summed E-state index contributed by atoms with van der Waals surface area (Å²) in [6.07, 6.45) is 3.62. The second-order valence-electron chi connectivity index (χ2n) is 6.90. The number of rotatable bonds is 7. The van der Waals surface area contributed by atoms with Crippen molar-refractivity contribution in [1.82, 2.24) is 9.21 Å². The molecule has 0 bridgehead atoms. The van der Waals surface area contributed by atoms with Crippen molar-refractivity contribution in [3.05, 3.63) is 57.8 Å². The summed E-state index contributed by atoms with van der Waals surface area (Å²) >= 11 is 1.72. The number of fused-ring (bicyclic) bond motifs is 1. The third kappa shape index (κ3) is 4.59. The summed E-state index contributed by atoms with van der Waals surface area (Å²) in [5.74, 6) is -0.137. The van der Waals surface area contributed by atoms with E-state index in [0.717, 1.165) is 30.4 Å². The summed E-state index contributed by atoms with van der Waals surface area (Å²) in [7, 11) is -3.41. The molecule has 3 rings (SSSR count). The Morgan fingerprint density at radius 3 is 2.67 bits per heavy atom. The van der Waals surface area contributed by atoms with Crippen LogP contribution < -0.4 is 0 Å². The highest BCUT2D eigenvalue weighted by Crippen LogP contribution is 2.37. The summed E-state index contributed by atoms with van der Waals surface area (Å²) in [5, 5.41) is 2.07. The molecule has 27 heavy (non-hydrogen) atoms. The number of amides is 1. The lowest BCUT2D eigenvalue weighted by atomic mass is 9.93. The number of unbranched alkanes of at least 4 members (excludes halogenated alkanes) is 1. The first-order chi connectivity index (χ1) is 12.9. The molecule has 1 aliphatic rings. The fourth-order valence-electron chi connectivity index (χ4n) is 3.52. The zero-order chi connectivity index (χ0) is 19.4.